The highest BCUT2D eigenvalue weighted by atomic mass is 35.5. The third kappa shape index (κ3) is 9.52. The normalized spacial score (nSPS) is 14.6. The molecule has 3 heteroatoms. The van der Waals surface area contributed by atoms with Crippen molar-refractivity contribution in [3.63, 3.8) is 0 Å². The fourth-order valence-corrected chi connectivity index (χ4v) is 11.3. The zero-order valence-corrected chi connectivity index (χ0v) is 46.9. The van der Waals surface area contributed by atoms with E-state index in [9.17, 15) is 0 Å². The first-order chi connectivity index (χ1) is 33.0. The van der Waals surface area contributed by atoms with Crippen molar-refractivity contribution in [3.8, 4) is 22.3 Å². The van der Waals surface area contributed by atoms with Gasteiger partial charge in [0.05, 0.1) is 16.4 Å². The molecular formula is C68H79ClN2. The molecule has 7 aromatic carbocycles. The molecule has 0 saturated carbocycles. The maximum absolute atomic E-state index is 8.31. The van der Waals surface area contributed by atoms with Crippen LogP contribution in [0.3, 0.4) is 0 Å². The molecule has 0 atom stereocenters. The number of halogens is 1. The van der Waals surface area contributed by atoms with Gasteiger partial charge in [0.1, 0.15) is 0 Å². The molecule has 2 nitrogen and oxygen atoms in total. The summed E-state index contributed by atoms with van der Waals surface area (Å²) in [6.07, 6.45) is 3.48. The third-order valence-electron chi connectivity index (χ3n) is 15.6. The van der Waals surface area contributed by atoms with Gasteiger partial charge in [-0.25, -0.2) is 0 Å². The van der Waals surface area contributed by atoms with E-state index in [1.54, 1.807) is 0 Å². The summed E-state index contributed by atoms with van der Waals surface area (Å²) in [5.74, 6) is 0. The van der Waals surface area contributed by atoms with Gasteiger partial charge in [-0.1, -0.05) is 202 Å². The van der Waals surface area contributed by atoms with Gasteiger partial charge in [0.25, 0.3) is 0 Å². The Kier molecular flexibility index (Phi) is 12.5. The summed E-state index contributed by atoms with van der Waals surface area (Å²) in [6.45, 7) is 39.3. The van der Waals surface area contributed by atoms with E-state index in [0.29, 0.717) is 5.02 Å². The minimum Gasteiger partial charge on any atom is -0.309 e. The lowest BCUT2D eigenvalue weighted by molar-refractivity contribution is 0.569. The monoisotopic (exact) mass is 959 g/mol. The van der Waals surface area contributed by atoms with Crippen molar-refractivity contribution in [2.45, 2.75) is 169 Å². The Morgan fingerprint density at radius 3 is 1.20 bits per heavy atom. The van der Waals surface area contributed by atoms with Crippen LogP contribution in [0.15, 0.2) is 133 Å². The van der Waals surface area contributed by atoms with Gasteiger partial charge >= 0.3 is 0 Å². The predicted molar refractivity (Wildman–Crippen MR) is 309 cm³/mol. The minimum absolute atomic E-state index is 0.0000131. The highest BCUT2D eigenvalue weighted by Gasteiger charge is 2.39. The molecule has 0 radical (unpaired) electrons. The second kappa shape index (κ2) is 17.6. The Labute approximate surface area is 433 Å². The van der Waals surface area contributed by atoms with Crippen LogP contribution in [0.1, 0.15) is 174 Å². The number of hydrogen-bond donors (Lipinski definition) is 0. The van der Waals surface area contributed by atoms with Gasteiger partial charge in [-0.15, -0.1) is 0 Å². The molecule has 2 aliphatic carbocycles. The molecule has 0 N–H and O–H groups in total. The summed E-state index contributed by atoms with van der Waals surface area (Å²) in [4.78, 5) is 4.83. The number of benzene rings is 7. The minimum atomic E-state index is -0.112. The molecule has 0 spiro atoms. The summed E-state index contributed by atoms with van der Waals surface area (Å²) >= 11 is 8.31. The predicted octanol–water partition coefficient (Wildman–Crippen LogP) is 20.2. The standard InChI is InChI=1S/C68H79ClN2/c1-63(2,3)46-22-28-51(29-23-46)70(52-30-24-47(25-31-52)64(4,5)6)59-39-45(44-37-49(66(10,11)12)41-50(38-44)67(13,14)15)40-60(62(59)69)71(53-32-26-48(27-33-53)65(7,8)9)54-34-36-57-56(42-54)61-55-20-18-19-43(55)21-35-58(61)68(57,16)17/h21-42H,18-20H2,1-17H3. The lowest BCUT2D eigenvalue weighted by atomic mass is 9.79. The number of anilines is 6. The largest absolute Gasteiger partial charge is 0.309 e. The molecule has 9 rings (SSSR count). The molecule has 71 heavy (non-hydrogen) atoms. The topological polar surface area (TPSA) is 6.48 Å². The fraction of sp³-hybridized carbons (Fsp3) is 0.382. The molecule has 0 unspecified atom stereocenters. The van der Waals surface area contributed by atoms with Crippen molar-refractivity contribution < 1.29 is 0 Å². The van der Waals surface area contributed by atoms with Gasteiger partial charge in [0.2, 0.25) is 0 Å². The first kappa shape index (κ1) is 50.4. The Balaban J connectivity index is 1.38. The van der Waals surface area contributed by atoms with Crippen molar-refractivity contribution >= 4 is 45.7 Å². The SMILES string of the molecule is CC(C)(C)c1ccc(N(c2ccc(C(C)(C)C)cc2)c2cc(-c3cc(C(C)(C)C)cc(C(C)(C)C)c3)cc(N(c3ccc(C(C)(C)C)cc3)c3ccc4c(c3)-c3c(ccc5c3CCC5)C4(C)C)c2Cl)cc1. The van der Waals surface area contributed by atoms with Crippen molar-refractivity contribution in [2.24, 2.45) is 0 Å². The van der Waals surface area contributed by atoms with Crippen LogP contribution in [0, 0.1) is 0 Å². The van der Waals surface area contributed by atoms with E-state index >= 15 is 0 Å². The Hall–Kier alpha value is -5.57. The van der Waals surface area contributed by atoms with Gasteiger partial charge in [-0.05, 0) is 179 Å². The van der Waals surface area contributed by atoms with Crippen molar-refractivity contribution in [2.75, 3.05) is 9.80 Å². The number of hydrogen-bond acceptors (Lipinski definition) is 2. The maximum atomic E-state index is 8.31. The maximum Gasteiger partial charge on any atom is 0.0887 e. The average molecular weight is 960 g/mol. The average Bonchev–Trinajstić information content (AvgIpc) is 3.86. The summed E-state index contributed by atoms with van der Waals surface area (Å²) < 4.78 is 0. The van der Waals surface area contributed by atoms with Gasteiger partial charge < -0.3 is 9.80 Å². The molecule has 0 bridgehead atoms. The van der Waals surface area contributed by atoms with E-state index < -0.39 is 0 Å². The van der Waals surface area contributed by atoms with Crippen LogP contribution in [0.25, 0.3) is 22.3 Å². The number of aryl methyl sites for hydroxylation is 1. The third-order valence-corrected chi connectivity index (χ3v) is 16.0. The zero-order chi connectivity index (χ0) is 51.4. The summed E-state index contributed by atoms with van der Waals surface area (Å²) in [5.41, 5.74) is 23.3. The van der Waals surface area contributed by atoms with Crippen molar-refractivity contribution in [1.82, 2.24) is 0 Å². The van der Waals surface area contributed by atoms with Gasteiger partial charge in [-0.2, -0.15) is 0 Å². The molecule has 368 valence electrons. The first-order valence-corrected chi connectivity index (χ1v) is 26.6. The second-order valence-electron chi connectivity index (χ2n) is 26.5. The summed E-state index contributed by atoms with van der Waals surface area (Å²) in [5, 5.41) is 0.679. The molecule has 7 aromatic rings. The van der Waals surface area contributed by atoms with Gasteiger partial charge in [0, 0.05) is 28.2 Å². The number of fused-ring (bicyclic) bond motifs is 5. The van der Waals surface area contributed by atoms with Crippen LogP contribution in [0.5, 0.6) is 0 Å². The molecule has 0 saturated heterocycles. The molecular weight excluding hydrogens is 880 g/mol. The fourth-order valence-electron chi connectivity index (χ4n) is 11.0. The van der Waals surface area contributed by atoms with Crippen LogP contribution in [-0.4, -0.2) is 0 Å². The summed E-state index contributed by atoms with van der Waals surface area (Å²) in [6, 6.07) is 51.5. The molecule has 0 heterocycles. The number of nitrogens with zero attached hydrogens (tertiary/aromatic N) is 2. The van der Waals surface area contributed by atoms with Crippen molar-refractivity contribution in [1.29, 1.82) is 0 Å². The molecule has 0 aliphatic heterocycles. The second-order valence-corrected chi connectivity index (χ2v) is 26.9. The van der Waals surface area contributed by atoms with E-state index in [1.807, 2.05) is 0 Å². The first-order valence-electron chi connectivity index (χ1n) is 26.2. The Morgan fingerprint density at radius 1 is 0.394 bits per heavy atom. The smallest absolute Gasteiger partial charge is 0.0887 e. The van der Waals surface area contributed by atoms with Crippen LogP contribution < -0.4 is 9.80 Å². The molecule has 0 amide bonds. The lowest BCUT2D eigenvalue weighted by Gasteiger charge is -2.33. The van der Waals surface area contributed by atoms with E-state index in [2.05, 4.69) is 261 Å². The van der Waals surface area contributed by atoms with Crippen LogP contribution >= 0.6 is 11.6 Å². The zero-order valence-electron chi connectivity index (χ0n) is 46.1. The van der Waals surface area contributed by atoms with E-state index in [-0.39, 0.29) is 32.5 Å². The van der Waals surface area contributed by atoms with Gasteiger partial charge in [-0.3, -0.25) is 0 Å². The Morgan fingerprint density at radius 2 is 0.775 bits per heavy atom. The Bertz CT molecular complexity index is 3040. The van der Waals surface area contributed by atoms with E-state index in [4.69, 9.17) is 11.6 Å². The van der Waals surface area contributed by atoms with E-state index in [0.717, 1.165) is 52.5 Å². The van der Waals surface area contributed by atoms with Crippen LogP contribution in [-0.2, 0) is 45.3 Å². The highest BCUT2D eigenvalue weighted by molar-refractivity contribution is 6.37. The van der Waals surface area contributed by atoms with Crippen LogP contribution in [0.2, 0.25) is 5.02 Å². The lowest BCUT2D eigenvalue weighted by Crippen LogP contribution is -2.18. The van der Waals surface area contributed by atoms with Crippen molar-refractivity contribution in [3.05, 3.63) is 189 Å². The van der Waals surface area contributed by atoms with E-state index in [1.165, 1.54) is 73.2 Å². The number of rotatable bonds is 7. The molecule has 0 fully saturated rings. The highest BCUT2D eigenvalue weighted by Crippen LogP contribution is 2.55. The summed E-state index contributed by atoms with van der Waals surface area (Å²) in [7, 11) is 0. The molecule has 2 aliphatic rings. The van der Waals surface area contributed by atoms with Gasteiger partial charge in [0.15, 0.2) is 0 Å². The molecule has 0 aromatic heterocycles. The van der Waals surface area contributed by atoms with Crippen LogP contribution in [0.4, 0.5) is 34.1 Å². The quantitative estimate of drug-likeness (QED) is 0.157.